The lowest BCUT2D eigenvalue weighted by Gasteiger charge is -2.37. The molecule has 1 aliphatic carbocycles. The van der Waals surface area contributed by atoms with Gasteiger partial charge >= 0.3 is 0 Å². The molecular weight excluding hydrogens is 307 g/mol. The third-order valence-electron chi connectivity index (χ3n) is 5.32. The van der Waals surface area contributed by atoms with Gasteiger partial charge in [-0.1, -0.05) is 13.3 Å². The summed E-state index contributed by atoms with van der Waals surface area (Å²) < 4.78 is 18.9. The SMILES string of the molecule is C[C@@H]1CCC[C@H]1OC[C@@H](O)CN1CCN(c2ccc(F)cc2)CC1. The number of β-amino-alcohol motifs (C(OH)–C–C–N with tert-alkyl or cyclic N) is 1. The van der Waals surface area contributed by atoms with Gasteiger partial charge in [-0.3, -0.25) is 4.90 Å². The Hall–Kier alpha value is -1.17. The van der Waals surface area contributed by atoms with E-state index >= 15 is 0 Å². The normalized spacial score (nSPS) is 26.7. The summed E-state index contributed by atoms with van der Waals surface area (Å²) in [7, 11) is 0. The zero-order valence-electron chi connectivity index (χ0n) is 14.5. The number of rotatable bonds is 6. The van der Waals surface area contributed by atoms with Crippen molar-refractivity contribution in [1.29, 1.82) is 0 Å². The van der Waals surface area contributed by atoms with Crippen molar-refractivity contribution in [2.24, 2.45) is 5.92 Å². The van der Waals surface area contributed by atoms with Crippen molar-refractivity contribution in [2.45, 2.75) is 38.4 Å². The number of halogens is 1. The van der Waals surface area contributed by atoms with Gasteiger partial charge in [0.25, 0.3) is 0 Å². The molecule has 0 amide bonds. The Labute approximate surface area is 144 Å². The van der Waals surface area contributed by atoms with Crippen LogP contribution in [0.4, 0.5) is 10.1 Å². The van der Waals surface area contributed by atoms with Crippen molar-refractivity contribution in [1.82, 2.24) is 4.90 Å². The fourth-order valence-electron chi connectivity index (χ4n) is 3.78. The zero-order chi connectivity index (χ0) is 16.9. The van der Waals surface area contributed by atoms with Crippen LogP contribution in [0.1, 0.15) is 26.2 Å². The summed E-state index contributed by atoms with van der Waals surface area (Å²) in [5.41, 5.74) is 1.06. The largest absolute Gasteiger partial charge is 0.389 e. The van der Waals surface area contributed by atoms with Gasteiger partial charge in [0.15, 0.2) is 0 Å². The van der Waals surface area contributed by atoms with Crippen molar-refractivity contribution in [3.05, 3.63) is 30.1 Å². The quantitative estimate of drug-likeness (QED) is 0.866. The number of anilines is 1. The highest BCUT2D eigenvalue weighted by molar-refractivity contribution is 5.46. The van der Waals surface area contributed by atoms with Gasteiger partial charge in [0, 0.05) is 38.4 Å². The summed E-state index contributed by atoms with van der Waals surface area (Å²) in [6.45, 7) is 6.96. The molecule has 1 saturated carbocycles. The number of hydrogen-bond donors (Lipinski definition) is 1. The second-order valence-corrected chi connectivity index (χ2v) is 7.20. The maximum Gasteiger partial charge on any atom is 0.123 e. The second-order valence-electron chi connectivity index (χ2n) is 7.20. The van der Waals surface area contributed by atoms with Crippen LogP contribution in [-0.4, -0.2) is 61.5 Å². The summed E-state index contributed by atoms with van der Waals surface area (Å²) in [6.07, 6.45) is 3.52. The van der Waals surface area contributed by atoms with Gasteiger partial charge in [-0.25, -0.2) is 4.39 Å². The lowest BCUT2D eigenvalue weighted by molar-refractivity contribution is -0.0321. The van der Waals surface area contributed by atoms with Crippen LogP contribution in [0.2, 0.25) is 0 Å². The fourth-order valence-corrected chi connectivity index (χ4v) is 3.78. The molecule has 0 spiro atoms. The molecule has 1 N–H and O–H groups in total. The van der Waals surface area contributed by atoms with Gasteiger partial charge in [-0.15, -0.1) is 0 Å². The first-order valence-electron chi connectivity index (χ1n) is 9.14. The van der Waals surface area contributed by atoms with Crippen LogP contribution in [0.15, 0.2) is 24.3 Å². The van der Waals surface area contributed by atoms with Crippen LogP contribution >= 0.6 is 0 Å². The van der Waals surface area contributed by atoms with E-state index in [0.29, 0.717) is 25.2 Å². The Morgan fingerprint density at radius 2 is 1.88 bits per heavy atom. The number of aliphatic hydroxyl groups excluding tert-OH is 1. The van der Waals surface area contributed by atoms with Crippen molar-refractivity contribution >= 4 is 5.69 Å². The number of hydrogen-bond acceptors (Lipinski definition) is 4. The minimum Gasteiger partial charge on any atom is -0.389 e. The number of benzene rings is 1. The Morgan fingerprint density at radius 3 is 2.50 bits per heavy atom. The smallest absolute Gasteiger partial charge is 0.123 e. The lowest BCUT2D eigenvalue weighted by Crippen LogP contribution is -2.49. The van der Waals surface area contributed by atoms with Crippen LogP contribution in [0.3, 0.4) is 0 Å². The van der Waals surface area contributed by atoms with E-state index in [2.05, 4.69) is 16.7 Å². The van der Waals surface area contributed by atoms with Crippen LogP contribution in [0.25, 0.3) is 0 Å². The topological polar surface area (TPSA) is 35.9 Å². The summed E-state index contributed by atoms with van der Waals surface area (Å²) >= 11 is 0. The molecule has 0 radical (unpaired) electrons. The van der Waals surface area contributed by atoms with Crippen molar-refractivity contribution < 1.29 is 14.2 Å². The van der Waals surface area contributed by atoms with E-state index in [0.717, 1.165) is 38.3 Å². The van der Waals surface area contributed by atoms with Crippen molar-refractivity contribution in [2.75, 3.05) is 44.2 Å². The fraction of sp³-hybridized carbons (Fsp3) is 0.684. The minimum atomic E-state index is -0.421. The van der Waals surface area contributed by atoms with E-state index < -0.39 is 6.10 Å². The molecule has 1 aromatic rings. The molecule has 3 atom stereocenters. The van der Waals surface area contributed by atoms with Crippen molar-refractivity contribution in [3.8, 4) is 0 Å². The molecule has 1 saturated heterocycles. The molecule has 5 heteroatoms. The van der Waals surface area contributed by atoms with Crippen LogP contribution < -0.4 is 4.90 Å². The molecule has 2 aliphatic rings. The molecular formula is C19H29FN2O2. The first-order chi connectivity index (χ1) is 11.6. The first-order valence-corrected chi connectivity index (χ1v) is 9.14. The Balaban J connectivity index is 1.37. The van der Waals surface area contributed by atoms with E-state index in [1.807, 2.05) is 12.1 Å². The molecule has 1 aliphatic heterocycles. The molecule has 1 heterocycles. The van der Waals surface area contributed by atoms with Crippen LogP contribution in [0.5, 0.6) is 0 Å². The average Bonchev–Trinajstić information content (AvgIpc) is 3.00. The molecule has 0 unspecified atom stereocenters. The standard InChI is InChI=1S/C19H29FN2O2/c1-15-3-2-4-19(15)24-14-18(23)13-21-9-11-22(12-10-21)17-7-5-16(20)6-8-17/h5-8,15,18-19,23H,2-4,9-14H2,1H3/t15-,18+,19-/m1/s1. The summed E-state index contributed by atoms with van der Waals surface area (Å²) in [5.74, 6) is 0.425. The van der Waals surface area contributed by atoms with E-state index in [9.17, 15) is 9.50 Å². The van der Waals surface area contributed by atoms with Gasteiger partial charge in [-0.05, 0) is 43.0 Å². The van der Waals surface area contributed by atoms with E-state index in [4.69, 9.17) is 4.74 Å². The minimum absolute atomic E-state index is 0.197. The summed E-state index contributed by atoms with van der Waals surface area (Å²) in [4.78, 5) is 4.55. The Kier molecular flexibility index (Phi) is 6.09. The van der Waals surface area contributed by atoms with Gasteiger partial charge in [0.1, 0.15) is 5.82 Å². The van der Waals surface area contributed by atoms with Gasteiger partial charge in [0.2, 0.25) is 0 Å². The predicted molar refractivity (Wildman–Crippen MR) is 93.8 cm³/mol. The van der Waals surface area contributed by atoms with E-state index in [1.165, 1.54) is 25.0 Å². The van der Waals surface area contributed by atoms with Gasteiger partial charge < -0.3 is 14.7 Å². The summed E-state index contributed by atoms with van der Waals surface area (Å²) in [5, 5.41) is 10.2. The number of piperazine rings is 1. The predicted octanol–water partition coefficient (Wildman–Crippen LogP) is 2.51. The Bertz CT molecular complexity index is 503. The maximum atomic E-state index is 13.0. The first kappa shape index (κ1) is 17.6. The van der Waals surface area contributed by atoms with E-state index in [1.54, 1.807) is 0 Å². The monoisotopic (exact) mass is 336 g/mol. The van der Waals surface area contributed by atoms with Gasteiger partial charge in [-0.2, -0.15) is 0 Å². The van der Waals surface area contributed by atoms with E-state index in [-0.39, 0.29) is 5.82 Å². The van der Waals surface area contributed by atoms with Gasteiger partial charge in [0.05, 0.1) is 18.8 Å². The highest BCUT2D eigenvalue weighted by Gasteiger charge is 2.25. The Morgan fingerprint density at radius 1 is 1.17 bits per heavy atom. The molecule has 3 rings (SSSR count). The summed E-state index contributed by atoms with van der Waals surface area (Å²) in [6, 6.07) is 6.67. The highest BCUT2D eigenvalue weighted by Crippen LogP contribution is 2.27. The third kappa shape index (κ3) is 4.68. The molecule has 0 bridgehead atoms. The highest BCUT2D eigenvalue weighted by atomic mass is 19.1. The second kappa shape index (κ2) is 8.28. The molecule has 0 aromatic heterocycles. The number of nitrogens with zero attached hydrogens (tertiary/aromatic N) is 2. The number of ether oxygens (including phenoxy) is 1. The molecule has 134 valence electrons. The van der Waals surface area contributed by atoms with Crippen LogP contribution in [-0.2, 0) is 4.74 Å². The molecule has 1 aromatic carbocycles. The number of aliphatic hydroxyl groups is 1. The third-order valence-corrected chi connectivity index (χ3v) is 5.32. The zero-order valence-corrected chi connectivity index (χ0v) is 14.5. The molecule has 2 fully saturated rings. The molecule has 24 heavy (non-hydrogen) atoms. The maximum absolute atomic E-state index is 13.0. The lowest BCUT2D eigenvalue weighted by atomic mass is 10.1. The van der Waals surface area contributed by atoms with Crippen LogP contribution in [0, 0.1) is 11.7 Å². The molecule has 4 nitrogen and oxygen atoms in total. The average molecular weight is 336 g/mol. The van der Waals surface area contributed by atoms with Crippen molar-refractivity contribution in [3.63, 3.8) is 0 Å².